The zero-order valence-electron chi connectivity index (χ0n) is 7.86. The first kappa shape index (κ1) is 9.47. The quantitative estimate of drug-likeness (QED) is 0.643. The summed E-state index contributed by atoms with van der Waals surface area (Å²) in [7, 11) is 0. The van der Waals surface area contributed by atoms with Gasteiger partial charge in [-0.2, -0.15) is 5.26 Å². The molecule has 1 aromatic heterocycles. The van der Waals surface area contributed by atoms with Crippen LogP contribution in [0.25, 0.3) is 0 Å². The van der Waals surface area contributed by atoms with E-state index in [2.05, 4.69) is 11.1 Å². The molecule has 1 rings (SSSR count). The lowest BCUT2D eigenvalue weighted by molar-refractivity contribution is 0.917. The fraction of sp³-hybridized carbons (Fsp3) is 0.273. The van der Waals surface area contributed by atoms with Gasteiger partial charge in [0.2, 0.25) is 0 Å². The second-order valence-electron chi connectivity index (χ2n) is 2.86. The third kappa shape index (κ3) is 2.16. The molecule has 0 bridgehead atoms. The predicted octanol–water partition coefficient (Wildman–Crippen LogP) is 2.65. The molecule has 1 aromatic rings. The molecule has 2 nitrogen and oxygen atoms in total. The Balaban J connectivity index is 2.93. The van der Waals surface area contributed by atoms with Gasteiger partial charge in [-0.25, -0.2) is 0 Å². The van der Waals surface area contributed by atoms with Crippen molar-refractivity contribution < 1.29 is 0 Å². The highest BCUT2D eigenvalue weighted by Crippen LogP contribution is 2.21. The van der Waals surface area contributed by atoms with Crippen LogP contribution in [0.3, 0.4) is 0 Å². The maximum absolute atomic E-state index is 8.82. The summed E-state index contributed by atoms with van der Waals surface area (Å²) < 4.78 is 0. The summed E-state index contributed by atoms with van der Waals surface area (Å²) in [4.78, 5) is 3.94. The van der Waals surface area contributed by atoms with Gasteiger partial charge < -0.3 is 0 Å². The Hall–Kier alpha value is -1.62. The number of pyridine rings is 1. The summed E-state index contributed by atoms with van der Waals surface area (Å²) >= 11 is 0. The van der Waals surface area contributed by atoms with Gasteiger partial charge in [0, 0.05) is 23.9 Å². The third-order valence-corrected chi connectivity index (χ3v) is 2.11. The predicted molar refractivity (Wildman–Crippen MR) is 52.0 cm³/mol. The van der Waals surface area contributed by atoms with E-state index in [1.54, 1.807) is 12.4 Å². The number of allylic oxidation sites excluding steroid dienone is 2. The van der Waals surface area contributed by atoms with Gasteiger partial charge in [-0.1, -0.05) is 13.0 Å². The van der Waals surface area contributed by atoms with E-state index >= 15 is 0 Å². The van der Waals surface area contributed by atoms with E-state index in [-0.39, 0.29) is 5.92 Å². The molecule has 0 N–H and O–H groups in total. The van der Waals surface area contributed by atoms with Crippen LogP contribution in [0.15, 0.2) is 36.2 Å². The van der Waals surface area contributed by atoms with E-state index in [0.29, 0.717) is 0 Å². The summed E-state index contributed by atoms with van der Waals surface area (Å²) in [6.45, 7) is 3.91. The Morgan fingerprint density at radius 3 is 2.62 bits per heavy atom. The van der Waals surface area contributed by atoms with Crippen LogP contribution in [0, 0.1) is 11.3 Å². The largest absolute Gasteiger partial charge is 0.265 e. The van der Waals surface area contributed by atoms with E-state index in [1.807, 2.05) is 32.1 Å². The van der Waals surface area contributed by atoms with Crippen LogP contribution in [0.2, 0.25) is 0 Å². The van der Waals surface area contributed by atoms with Gasteiger partial charge >= 0.3 is 0 Å². The summed E-state index contributed by atoms with van der Waals surface area (Å²) in [6, 6.07) is 6.06. The van der Waals surface area contributed by atoms with E-state index in [1.165, 1.54) is 0 Å². The van der Waals surface area contributed by atoms with Gasteiger partial charge in [0.25, 0.3) is 0 Å². The Labute approximate surface area is 78.5 Å². The minimum absolute atomic E-state index is 0.165. The highest BCUT2D eigenvalue weighted by molar-refractivity contribution is 5.34. The van der Waals surface area contributed by atoms with Crippen LogP contribution in [0.1, 0.15) is 25.3 Å². The number of nitrogens with zero attached hydrogens (tertiary/aromatic N) is 2. The van der Waals surface area contributed by atoms with Crippen molar-refractivity contribution in [1.29, 1.82) is 5.26 Å². The molecule has 0 aliphatic heterocycles. The number of hydrogen-bond donors (Lipinski definition) is 0. The topological polar surface area (TPSA) is 36.7 Å². The van der Waals surface area contributed by atoms with Crippen LogP contribution in [0.4, 0.5) is 0 Å². The first-order chi connectivity index (χ1) is 6.29. The van der Waals surface area contributed by atoms with Gasteiger partial charge in [0.15, 0.2) is 0 Å². The van der Waals surface area contributed by atoms with Crippen LogP contribution in [-0.2, 0) is 0 Å². The smallest absolute Gasteiger partial charge is 0.0950 e. The van der Waals surface area contributed by atoms with Crippen LogP contribution in [-0.4, -0.2) is 4.98 Å². The number of hydrogen-bond acceptors (Lipinski definition) is 2. The van der Waals surface area contributed by atoms with Crippen molar-refractivity contribution in [1.82, 2.24) is 4.98 Å². The first-order valence-electron chi connectivity index (χ1n) is 4.25. The Kier molecular flexibility index (Phi) is 3.22. The molecule has 0 saturated heterocycles. The highest BCUT2D eigenvalue weighted by Gasteiger charge is 2.08. The summed E-state index contributed by atoms with van der Waals surface area (Å²) in [5, 5.41) is 8.82. The molecule has 0 fully saturated rings. The SMILES string of the molecule is CC=C(C#N)C(C)c1ccncc1. The molecule has 0 aliphatic carbocycles. The molecular formula is C11H12N2. The van der Waals surface area contributed by atoms with Crippen LogP contribution in [0.5, 0.6) is 0 Å². The molecule has 0 radical (unpaired) electrons. The molecular weight excluding hydrogens is 160 g/mol. The molecule has 1 atom stereocenters. The first-order valence-corrected chi connectivity index (χ1v) is 4.25. The Bertz CT molecular complexity index is 333. The molecule has 0 saturated carbocycles. The molecule has 13 heavy (non-hydrogen) atoms. The van der Waals surface area contributed by atoms with Gasteiger partial charge in [0.1, 0.15) is 0 Å². The zero-order valence-corrected chi connectivity index (χ0v) is 7.86. The average molecular weight is 172 g/mol. The summed E-state index contributed by atoms with van der Waals surface area (Å²) in [5.41, 5.74) is 1.93. The van der Waals surface area contributed by atoms with Crippen molar-refractivity contribution in [3.63, 3.8) is 0 Å². The van der Waals surface area contributed by atoms with E-state index in [4.69, 9.17) is 5.26 Å². The molecule has 1 unspecified atom stereocenters. The second kappa shape index (κ2) is 4.42. The van der Waals surface area contributed by atoms with Gasteiger partial charge in [0.05, 0.1) is 6.07 Å². The fourth-order valence-electron chi connectivity index (χ4n) is 1.24. The molecule has 2 heteroatoms. The molecule has 0 aromatic carbocycles. The van der Waals surface area contributed by atoms with Crippen molar-refractivity contribution >= 4 is 0 Å². The summed E-state index contributed by atoms with van der Waals surface area (Å²) in [6.07, 6.45) is 5.35. The van der Waals surface area contributed by atoms with E-state index in [0.717, 1.165) is 11.1 Å². The fourth-order valence-corrected chi connectivity index (χ4v) is 1.24. The number of rotatable bonds is 2. The molecule has 0 aliphatic rings. The van der Waals surface area contributed by atoms with Crippen LogP contribution >= 0.6 is 0 Å². The van der Waals surface area contributed by atoms with Crippen LogP contribution < -0.4 is 0 Å². The molecule has 1 heterocycles. The van der Waals surface area contributed by atoms with E-state index < -0.39 is 0 Å². The van der Waals surface area contributed by atoms with E-state index in [9.17, 15) is 0 Å². The van der Waals surface area contributed by atoms with Crippen molar-refractivity contribution in [3.8, 4) is 6.07 Å². The monoisotopic (exact) mass is 172 g/mol. The van der Waals surface area contributed by atoms with Crippen molar-refractivity contribution in [2.75, 3.05) is 0 Å². The Morgan fingerprint density at radius 2 is 2.15 bits per heavy atom. The van der Waals surface area contributed by atoms with Gasteiger partial charge in [-0.15, -0.1) is 0 Å². The minimum atomic E-state index is 0.165. The molecule has 0 spiro atoms. The second-order valence-corrected chi connectivity index (χ2v) is 2.86. The normalized spacial score (nSPS) is 13.5. The lowest BCUT2D eigenvalue weighted by Gasteiger charge is -2.08. The maximum atomic E-state index is 8.82. The van der Waals surface area contributed by atoms with Gasteiger partial charge in [-0.3, -0.25) is 4.98 Å². The third-order valence-electron chi connectivity index (χ3n) is 2.11. The lowest BCUT2D eigenvalue weighted by Crippen LogP contribution is -1.95. The summed E-state index contributed by atoms with van der Waals surface area (Å²) in [5.74, 6) is 0.165. The van der Waals surface area contributed by atoms with Crippen molar-refractivity contribution in [2.24, 2.45) is 0 Å². The van der Waals surface area contributed by atoms with Crippen molar-refractivity contribution in [2.45, 2.75) is 19.8 Å². The maximum Gasteiger partial charge on any atom is 0.0950 e. The molecule has 0 amide bonds. The van der Waals surface area contributed by atoms with Crippen molar-refractivity contribution in [3.05, 3.63) is 41.7 Å². The zero-order chi connectivity index (χ0) is 9.68. The molecule has 66 valence electrons. The standard InChI is InChI=1S/C11H12N2/c1-3-10(8-12)9(2)11-4-6-13-7-5-11/h3-7,9H,1-2H3. The number of nitriles is 1. The average Bonchev–Trinajstić information content (AvgIpc) is 2.21. The highest BCUT2D eigenvalue weighted by atomic mass is 14.6. The minimum Gasteiger partial charge on any atom is -0.265 e. The lowest BCUT2D eigenvalue weighted by atomic mass is 9.94. The number of aromatic nitrogens is 1. The Morgan fingerprint density at radius 1 is 1.54 bits per heavy atom. The van der Waals surface area contributed by atoms with Gasteiger partial charge in [-0.05, 0) is 24.6 Å².